The predicted octanol–water partition coefficient (Wildman–Crippen LogP) is 2.91. The lowest BCUT2D eigenvalue weighted by atomic mass is 10.1. The topological polar surface area (TPSA) is 52.6 Å². The van der Waals surface area contributed by atoms with Gasteiger partial charge in [-0.25, -0.2) is 0 Å². The van der Waals surface area contributed by atoms with Gasteiger partial charge in [0, 0.05) is 12.5 Å². The monoisotopic (exact) mass is 282 g/mol. The zero-order valence-electron chi connectivity index (χ0n) is 11.2. The highest BCUT2D eigenvalue weighted by molar-refractivity contribution is 8.13. The van der Waals surface area contributed by atoms with Crippen LogP contribution in [0.25, 0.3) is 0 Å². The quantitative estimate of drug-likeness (QED) is 0.417. The number of hydrogen-bond acceptors (Lipinski definition) is 5. The van der Waals surface area contributed by atoms with E-state index in [0.717, 1.165) is 18.2 Å². The molecule has 0 saturated heterocycles. The van der Waals surface area contributed by atoms with Crippen molar-refractivity contribution in [1.29, 1.82) is 0 Å². The van der Waals surface area contributed by atoms with Gasteiger partial charge >= 0.3 is 0 Å². The van der Waals surface area contributed by atoms with Crippen molar-refractivity contribution in [1.82, 2.24) is 0 Å². The molecule has 0 amide bonds. The first kappa shape index (κ1) is 15.7. The smallest absolute Gasteiger partial charge is 0.188 e. The summed E-state index contributed by atoms with van der Waals surface area (Å²) in [5.74, 6) is 0.768. The Balaban J connectivity index is 2.45. The molecule has 0 fully saturated rings. The van der Waals surface area contributed by atoms with E-state index in [-0.39, 0.29) is 23.4 Å². The molecule has 0 aliphatic heterocycles. The molecule has 0 N–H and O–H groups in total. The number of ketones is 1. The molecule has 0 radical (unpaired) electrons. The van der Waals surface area contributed by atoms with Gasteiger partial charge in [0.1, 0.15) is 18.3 Å². The summed E-state index contributed by atoms with van der Waals surface area (Å²) < 4.78 is 10.6. The minimum absolute atomic E-state index is 0.0255. The average Bonchev–Trinajstić information content (AvgIpc) is 2.41. The molecule has 4 nitrogen and oxygen atoms in total. The molecule has 104 valence electrons. The summed E-state index contributed by atoms with van der Waals surface area (Å²) in [6, 6.07) is 7.03. The minimum atomic E-state index is -0.119. The van der Waals surface area contributed by atoms with Crippen molar-refractivity contribution in [2.24, 2.45) is 0 Å². The summed E-state index contributed by atoms with van der Waals surface area (Å²) in [7, 11) is 0. The second kappa shape index (κ2) is 8.72. The first-order valence-electron chi connectivity index (χ1n) is 6.10. The molecule has 0 saturated carbocycles. The fraction of sp³-hybridized carbons (Fsp3) is 0.429. The van der Waals surface area contributed by atoms with E-state index >= 15 is 0 Å². The van der Waals surface area contributed by atoms with E-state index in [1.165, 1.54) is 6.92 Å². The standard InChI is InChI=1S/C14H18O4S/c1-3-7-18-13-6-4-5-12(8-13)14(16)9-17-10-19-11(2)15/h4-6,8H,3,7,9-10H2,1-2H3. The molecule has 0 unspecified atom stereocenters. The van der Waals surface area contributed by atoms with Gasteiger partial charge in [-0.15, -0.1) is 0 Å². The van der Waals surface area contributed by atoms with Crippen LogP contribution in [0.4, 0.5) is 0 Å². The van der Waals surface area contributed by atoms with Crippen LogP contribution in [0.5, 0.6) is 5.75 Å². The molecule has 0 aliphatic carbocycles. The van der Waals surface area contributed by atoms with Gasteiger partial charge in [-0.3, -0.25) is 9.59 Å². The van der Waals surface area contributed by atoms with Crippen molar-refractivity contribution < 1.29 is 19.1 Å². The summed E-state index contributed by atoms with van der Waals surface area (Å²) >= 11 is 1.04. The summed E-state index contributed by atoms with van der Waals surface area (Å²) in [5, 5.41) is -0.0255. The molecule has 1 rings (SSSR count). The zero-order chi connectivity index (χ0) is 14.1. The van der Waals surface area contributed by atoms with E-state index in [9.17, 15) is 9.59 Å². The van der Waals surface area contributed by atoms with Gasteiger partial charge in [-0.05, 0) is 18.6 Å². The fourth-order valence-electron chi connectivity index (χ4n) is 1.32. The second-order valence-corrected chi connectivity index (χ2v) is 5.00. The number of carbonyl (C=O) groups excluding carboxylic acids is 2. The van der Waals surface area contributed by atoms with Crippen LogP contribution in [-0.2, 0) is 9.53 Å². The molecule has 0 aliphatic rings. The summed E-state index contributed by atoms with van der Waals surface area (Å²) in [5.41, 5.74) is 0.557. The Morgan fingerprint density at radius 2 is 2.11 bits per heavy atom. The minimum Gasteiger partial charge on any atom is -0.494 e. The molecule has 0 bridgehead atoms. The molecule has 19 heavy (non-hydrogen) atoms. The average molecular weight is 282 g/mol. The molecular weight excluding hydrogens is 264 g/mol. The maximum Gasteiger partial charge on any atom is 0.188 e. The van der Waals surface area contributed by atoms with E-state index < -0.39 is 0 Å². The van der Waals surface area contributed by atoms with Gasteiger partial charge < -0.3 is 9.47 Å². The predicted molar refractivity (Wildman–Crippen MR) is 75.6 cm³/mol. The van der Waals surface area contributed by atoms with Gasteiger partial charge in [-0.1, -0.05) is 30.8 Å². The van der Waals surface area contributed by atoms with E-state index in [0.29, 0.717) is 17.9 Å². The third kappa shape index (κ3) is 6.40. The summed E-state index contributed by atoms with van der Waals surface area (Å²) in [6.07, 6.45) is 0.920. The van der Waals surface area contributed by atoms with E-state index in [4.69, 9.17) is 9.47 Å². The maximum atomic E-state index is 11.8. The fourth-order valence-corrected chi connectivity index (χ4v) is 1.65. The lowest BCUT2D eigenvalue weighted by Gasteiger charge is -2.06. The van der Waals surface area contributed by atoms with Gasteiger partial charge in [0.15, 0.2) is 10.9 Å². The number of rotatable bonds is 8. The number of benzene rings is 1. The molecule has 0 atom stereocenters. The summed E-state index contributed by atoms with van der Waals surface area (Å²) in [6.45, 7) is 4.08. The number of Topliss-reactive ketones (excluding diaryl/α,β-unsaturated/α-hetero) is 1. The van der Waals surface area contributed by atoms with Crippen LogP contribution in [0.15, 0.2) is 24.3 Å². The van der Waals surface area contributed by atoms with Crippen LogP contribution >= 0.6 is 11.8 Å². The maximum absolute atomic E-state index is 11.8. The highest BCUT2D eigenvalue weighted by Gasteiger charge is 2.07. The van der Waals surface area contributed by atoms with Gasteiger partial charge in [0.2, 0.25) is 0 Å². The van der Waals surface area contributed by atoms with Crippen molar-refractivity contribution in [3.05, 3.63) is 29.8 Å². The Hall–Kier alpha value is -1.33. The Morgan fingerprint density at radius 3 is 2.79 bits per heavy atom. The molecule has 1 aromatic rings. The van der Waals surface area contributed by atoms with Crippen LogP contribution in [0.1, 0.15) is 30.6 Å². The van der Waals surface area contributed by atoms with Crippen molar-refractivity contribution >= 4 is 22.7 Å². The lowest BCUT2D eigenvalue weighted by Crippen LogP contribution is -2.09. The van der Waals surface area contributed by atoms with Gasteiger partial charge in [0.25, 0.3) is 0 Å². The Kier molecular flexibility index (Phi) is 7.22. The molecular formula is C14H18O4S. The number of carbonyl (C=O) groups is 2. The van der Waals surface area contributed by atoms with Gasteiger partial charge in [0.05, 0.1) is 6.61 Å². The lowest BCUT2D eigenvalue weighted by molar-refractivity contribution is -0.109. The van der Waals surface area contributed by atoms with Crippen LogP contribution in [0.2, 0.25) is 0 Å². The van der Waals surface area contributed by atoms with Crippen LogP contribution < -0.4 is 4.74 Å². The second-order valence-electron chi connectivity index (χ2n) is 3.90. The van der Waals surface area contributed by atoms with Crippen LogP contribution in [-0.4, -0.2) is 30.1 Å². The first-order valence-corrected chi connectivity index (χ1v) is 7.09. The van der Waals surface area contributed by atoms with Crippen molar-refractivity contribution in [2.45, 2.75) is 20.3 Å². The number of ether oxygens (including phenoxy) is 2. The highest BCUT2D eigenvalue weighted by atomic mass is 32.2. The van der Waals surface area contributed by atoms with Crippen LogP contribution in [0.3, 0.4) is 0 Å². The SMILES string of the molecule is CCCOc1cccc(C(=O)COCSC(C)=O)c1. The zero-order valence-corrected chi connectivity index (χ0v) is 12.0. The van der Waals surface area contributed by atoms with E-state index in [2.05, 4.69) is 0 Å². The third-order valence-electron chi connectivity index (χ3n) is 2.21. The molecule has 0 heterocycles. The Morgan fingerprint density at radius 1 is 1.32 bits per heavy atom. The summed E-state index contributed by atoms with van der Waals surface area (Å²) in [4.78, 5) is 22.5. The molecule has 5 heteroatoms. The van der Waals surface area contributed by atoms with Crippen molar-refractivity contribution in [3.63, 3.8) is 0 Å². The highest BCUT2D eigenvalue weighted by Crippen LogP contribution is 2.14. The normalized spacial score (nSPS) is 10.2. The Bertz CT molecular complexity index is 431. The third-order valence-corrected chi connectivity index (χ3v) is 2.90. The van der Waals surface area contributed by atoms with Crippen molar-refractivity contribution in [2.75, 3.05) is 19.2 Å². The molecule has 0 spiro atoms. The first-order chi connectivity index (χ1) is 9.13. The largest absolute Gasteiger partial charge is 0.494 e. The van der Waals surface area contributed by atoms with Crippen molar-refractivity contribution in [3.8, 4) is 5.75 Å². The van der Waals surface area contributed by atoms with E-state index in [1.807, 2.05) is 13.0 Å². The number of thioether (sulfide) groups is 1. The van der Waals surface area contributed by atoms with Gasteiger partial charge in [-0.2, -0.15) is 0 Å². The molecule has 1 aromatic carbocycles. The Labute approximate surface area is 117 Å². The molecule has 0 aromatic heterocycles. The number of hydrogen-bond donors (Lipinski definition) is 0. The van der Waals surface area contributed by atoms with E-state index in [1.54, 1.807) is 18.2 Å². The van der Waals surface area contributed by atoms with Crippen LogP contribution in [0, 0.1) is 0 Å².